The molecule has 0 saturated carbocycles. The standard InChI is InChI=1S/C16H13FN2S/c17-13-8-7-11(16-12(13)4-3-9-19-16)10-20-15-6-2-1-5-14(15)18/h1-9H,10,18H2. The molecule has 0 aliphatic heterocycles. The number of pyridine rings is 1. The molecule has 0 saturated heterocycles. The van der Waals surface area contributed by atoms with E-state index in [2.05, 4.69) is 4.98 Å². The van der Waals surface area contributed by atoms with Crippen LogP contribution in [0.5, 0.6) is 0 Å². The molecule has 100 valence electrons. The van der Waals surface area contributed by atoms with E-state index in [4.69, 9.17) is 5.73 Å². The smallest absolute Gasteiger partial charge is 0.132 e. The van der Waals surface area contributed by atoms with Crippen LogP contribution in [-0.4, -0.2) is 4.98 Å². The molecule has 3 aromatic rings. The van der Waals surface area contributed by atoms with Gasteiger partial charge < -0.3 is 5.73 Å². The Hall–Kier alpha value is -2.07. The van der Waals surface area contributed by atoms with Crippen molar-refractivity contribution in [1.29, 1.82) is 0 Å². The van der Waals surface area contributed by atoms with Crippen molar-refractivity contribution in [3.8, 4) is 0 Å². The van der Waals surface area contributed by atoms with Gasteiger partial charge in [0.2, 0.25) is 0 Å². The van der Waals surface area contributed by atoms with Crippen LogP contribution in [-0.2, 0) is 5.75 Å². The molecule has 0 aliphatic rings. The van der Waals surface area contributed by atoms with E-state index in [1.807, 2.05) is 24.3 Å². The maximum Gasteiger partial charge on any atom is 0.132 e. The first-order valence-corrected chi connectivity index (χ1v) is 7.23. The molecule has 3 rings (SSSR count). The summed E-state index contributed by atoms with van der Waals surface area (Å²) in [5.41, 5.74) is 8.41. The summed E-state index contributed by atoms with van der Waals surface area (Å²) >= 11 is 1.63. The zero-order valence-electron chi connectivity index (χ0n) is 10.7. The SMILES string of the molecule is Nc1ccccc1SCc1ccc(F)c2cccnc12. The number of anilines is 1. The quantitative estimate of drug-likeness (QED) is 0.577. The van der Waals surface area contributed by atoms with E-state index >= 15 is 0 Å². The summed E-state index contributed by atoms with van der Waals surface area (Å²) < 4.78 is 13.7. The second-order valence-corrected chi connectivity index (χ2v) is 5.45. The molecule has 0 radical (unpaired) electrons. The van der Waals surface area contributed by atoms with E-state index in [1.54, 1.807) is 36.2 Å². The number of halogens is 1. The van der Waals surface area contributed by atoms with Crippen molar-refractivity contribution in [1.82, 2.24) is 4.98 Å². The summed E-state index contributed by atoms with van der Waals surface area (Å²) in [6.45, 7) is 0. The van der Waals surface area contributed by atoms with Gasteiger partial charge in [0.1, 0.15) is 5.82 Å². The Bertz CT molecular complexity index is 758. The van der Waals surface area contributed by atoms with E-state index in [9.17, 15) is 4.39 Å². The Kier molecular flexibility index (Phi) is 3.56. The first-order chi connectivity index (χ1) is 9.75. The number of nitrogens with zero attached hydrogens (tertiary/aromatic N) is 1. The lowest BCUT2D eigenvalue weighted by Gasteiger charge is -2.08. The molecule has 2 N–H and O–H groups in total. The largest absolute Gasteiger partial charge is 0.398 e. The number of hydrogen-bond acceptors (Lipinski definition) is 3. The van der Waals surface area contributed by atoms with Crippen molar-refractivity contribution in [2.45, 2.75) is 10.6 Å². The molecule has 0 fully saturated rings. The minimum absolute atomic E-state index is 0.235. The zero-order chi connectivity index (χ0) is 13.9. The Morgan fingerprint density at radius 3 is 2.75 bits per heavy atom. The molecule has 2 nitrogen and oxygen atoms in total. The van der Waals surface area contributed by atoms with Gasteiger partial charge in [-0.25, -0.2) is 4.39 Å². The van der Waals surface area contributed by atoms with Crippen LogP contribution in [0.1, 0.15) is 5.56 Å². The lowest BCUT2D eigenvalue weighted by Crippen LogP contribution is -1.91. The van der Waals surface area contributed by atoms with Crippen molar-refractivity contribution in [3.63, 3.8) is 0 Å². The summed E-state index contributed by atoms with van der Waals surface area (Å²) in [5.74, 6) is 0.475. The fourth-order valence-corrected chi connectivity index (χ4v) is 3.03. The second kappa shape index (κ2) is 5.51. The van der Waals surface area contributed by atoms with E-state index in [-0.39, 0.29) is 5.82 Å². The molecule has 2 aromatic carbocycles. The topological polar surface area (TPSA) is 38.9 Å². The predicted molar refractivity (Wildman–Crippen MR) is 82.1 cm³/mol. The number of rotatable bonds is 3. The van der Waals surface area contributed by atoms with Crippen LogP contribution in [0.4, 0.5) is 10.1 Å². The highest BCUT2D eigenvalue weighted by Gasteiger charge is 2.08. The van der Waals surface area contributed by atoms with Gasteiger partial charge in [0.15, 0.2) is 0 Å². The lowest BCUT2D eigenvalue weighted by atomic mass is 10.1. The normalized spacial score (nSPS) is 10.8. The Morgan fingerprint density at radius 2 is 1.90 bits per heavy atom. The Balaban J connectivity index is 1.92. The number of benzene rings is 2. The molecule has 0 spiro atoms. The minimum atomic E-state index is -0.235. The summed E-state index contributed by atoms with van der Waals surface area (Å²) in [7, 11) is 0. The molecule has 0 bridgehead atoms. The molecule has 0 atom stereocenters. The monoisotopic (exact) mass is 284 g/mol. The van der Waals surface area contributed by atoms with Crippen LogP contribution < -0.4 is 5.73 Å². The van der Waals surface area contributed by atoms with Gasteiger partial charge in [0.05, 0.1) is 5.52 Å². The second-order valence-electron chi connectivity index (χ2n) is 4.43. The Labute approximate surface area is 120 Å². The molecule has 1 heterocycles. The number of nitrogens with two attached hydrogens (primary N) is 1. The third-order valence-corrected chi connectivity index (χ3v) is 4.24. The maximum absolute atomic E-state index is 13.7. The summed E-state index contributed by atoms with van der Waals surface area (Å²) in [4.78, 5) is 5.32. The number of aromatic nitrogens is 1. The highest BCUT2D eigenvalue weighted by atomic mass is 32.2. The van der Waals surface area contributed by atoms with Crippen LogP contribution >= 0.6 is 11.8 Å². The third-order valence-electron chi connectivity index (χ3n) is 3.10. The van der Waals surface area contributed by atoms with Gasteiger partial charge in [-0.1, -0.05) is 18.2 Å². The minimum Gasteiger partial charge on any atom is -0.398 e. The average molecular weight is 284 g/mol. The fraction of sp³-hybridized carbons (Fsp3) is 0.0625. The van der Waals surface area contributed by atoms with Crippen molar-refractivity contribution in [2.75, 3.05) is 5.73 Å². The first kappa shape index (κ1) is 12.9. The first-order valence-electron chi connectivity index (χ1n) is 6.25. The lowest BCUT2D eigenvalue weighted by molar-refractivity contribution is 0.639. The zero-order valence-corrected chi connectivity index (χ0v) is 11.5. The van der Waals surface area contributed by atoms with Crippen LogP contribution in [0.3, 0.4) is 0 Å². The van der Waals surface area contributed by atoms with Crippen molar-refractivity contribution in [2.24, 2.45) is 0 Å². The summed E-state index contributed by atoms with van der Waals surface area (Å²) in [5, 5.41) is 0.562. The molecule has 0 amide bonds. The van der Waals surface area contributed by atoms with Gasteiger partial charge in [-0.15, -0.1) is 11.8 Å². The molecule has 20 heavy (non-hydrogen) atoms. The van der Waals surface area contributed by atoms with E-state index in [0.717, 1.165) is 21.7 Å². The summed E-state index contributed by atoms with van der Waals surface area (Å²) in [6, 6.07) is 14.5. The highest BCUT2D eigenvalue weighted by molar-refractivity contribution is 7.98. The van der Waals surface area contributed by atoms with Crippen LogP contribution in [0.25, 0.3) is 10.9 Å². The molecule has 4 heteroatoms. The number of nitrogen functional groups attached to an aromatic ring is 1. The number of hydrogen-bond donors (Lipinski definition) is 1. The van der Waals surface area contributed by atoms with Crippen molar-refractivity contribution >= 4 is 28.4 Å². The van der Waals surface area contributed by atoms with Gasteiger partial charge in [-0.3, -0.25) is 4.98 Å². The van der Waals surface area contributed by atoms with Crippen molar-refractivity contribution in [3.05, 3.63) is 66.1 Å². The van der Waals surface area contributed by atoms with Crippen LogP contribution in [0, 0.1) is 5.82 Å². The van der Waals surface area contributed by atoms with Crippen molar-refractivity contribution < 1.29 is 4.39 Å². The fourth-order valence-electron chi connectivity index (χ4n) is 2.08. The summed E-state index contributed by atoms with van der Waals surface area (Å²) in [6.07, 6.45) is 1.69. The molecule has 0 unspecified atom stereocenters. The van der Waals surface area contributed by atoms with Gasteiger partial charge in [0, 0.05) is 27.9 Å². The molecule has 1 aromatic heterocycles. The number of fused-ring (bicyclic) bond motifs is 1. The molecule has 0 aliphatic carbocycles. The maximum atomic E-state index is 13.7. The van der Waals surface area contributed by atoms with E-state index < -0.39 is 0 Å². The van der Waals surface area contributed by atoms with Gasteiger partial charge in [-0.05, 0) is 35.9 Å². The van der Waals surface area contributed by atoms with Crippen LogP contribution in [0.2, 0.25) is 0 Å². The predicted octanol–water partition coefficient (Wildman–Crippen LogP) is 4.25. The van der Waals surface area contributed by atoms with E-state index in [1.165, 1.54) is 6.07 Å². The number of thioether (sulfide) groups is 1. The van der Waals surface area contributed by atoms with Gasteiger partial charge >= 0.3 is 0 Å². The number of para-hydroxylation sites is 1. The molecular weight excluding hydrogens is 271 g/mol. The average Bonchev–Trinajstić information content (AvgIpc) is 2.48. The molecular formula is C16H13FN2S. The third kappa shape index (κ3) is 2.47. The highest BCUT2D eigenvalue weighted by Crippen LogP contribution is 2.30. The van der Waals surface area contributed by atoms with E-state index in [0.29, 0.717) is 11.1 Å². The van der Waals surface area contributed by atoms with Gasteiger partial charge in [-0.2, -0.15) is 0 Å². The van der Waals surface area contributed by atoms with Crippen LogP contribution in [0.15, 0.2) is 59.6 Å². The van der Waals surface area contributed by atoms with Gasteiger partial charge in [0.25, 0.3) is 0 Å². The Morgan fingerprint density at radius 1 is 1.05 bits per heavy atom.